The summed E-state index contributed by atoms with van der Waals surface area (Å²) in [5.74, 6) is -0.241. The molecule has 30 heavy (non-hydrogen) atoms. The molecular formula is C27H34F2O. The molecule has 0 atom stereocenters. The molecule has 0 N–H and O–H groups in total. The van der Waals surface area contributed by atoms with Crippen LogP contribution < -0.4 is 4.74 Å². The molecule has 3 rings (SSSR count). The van der Waals surface area contributed by atoms with Crippen LogP contribution in [0.1, 0.15) is 77.2 Å². The van der Waals surface area contributed by atoms with E-state index in [1.165, 1.54) is 25.7 Å². The van der Waals surface area contributed by atoms with Crippen molar-refractivity contribution in [3.8, 4) is 5.75 Å². The van der Waals surface area contributed by atoms with Gasteiger partial charge in [-0.15, -0.1) is 0 Å². The van der Waals surface area contributed by atoms with E-state index in [2.05, 4.69) is 13.8 Å². The van der Waals surface area contributed by atoms with Gasteiger partial charge in [0.25, 0.3) is 0 Å². The average Bonchev–Trinajstić information content (AvgIpc) is 2.76. The number of benzene rings is 3. The van der Waals surface area contributed by atoms with Gasteiger partial charge in [0, 0.05) is 10.8 Å². The van der Waals surface area contributed by atoms with Gasteiger partial charge in [-0.05, 0) is 47.7 Å². The molecule has 0 saturated heterocycles. The third kappa shape index (κ3) is 5.30. The first kappa shape index (κ1) is 22.5. The second-order valence-corrected chi connectivity index (χ2v) is 8.25. The fourth-order valence-electron chi connectivity index (χ4n) is 4.11. The molecule has 0 unspecified atom stereocenters. The minimum atomic E-state index is -0.354. The SMILES string of the molecule is CCCCCCCCOc1ccc2c(ccc3c(F)c(CCCCC)ccc32)c1F. The topological polar surface area (TPSA) is 9.23 Å². The zero-order valence-corrected chi connectivity index (χ0v) is 18.4. The van der Waals surface area contributed by atoms with E-state index >= 15 is 8.78 Å². The summed E-state index contributed by atoms with van der Waals surface area (Å²) in [6.45, 7) is 4.87. The molecule has 3 aromatic carbocycles. The molecule has 0 fully saturated rings. The number of ether oxygens (including phenoxy) is 1. The molecule has 0 aromatic heterocycles. The van der Waals surface area contributed by atoms with Gasteiger partial charge in [-0.2, -0.15) is 0 Å². The second kappa shape index (κ2) is 11.3. The Hall–Kier alpha value is -2.16. The van der Waals surface area contributed by atoms with Crippen molar-refractivity contribution >= 4 is 21.5 Å². The molecule has 3 heteroatoms. The molecule has 0 spiro atoms. The number of rotatable bonds is 12. The maximum Gasteiger partial charge on any atom is 0.172 e. The zero-order valence-electron chi connectivity index (χ0n) is 18.4. The molecule has 0 radical (unpaired) electrons. The lowest BCUT2D eigenvalue weighted by molar-refractivity contribution is 0.291. The van der Waals surface area contributed by atoms with Gasteiger partial charge in [-0.1, -0.05) is 83.1 Å². The monoisotopic (exact) mass is 412 g/mol. The van der Waals surface area contributed by atoms with Gasteiger partial charge < -0.3 is 4.74 Å². The number of halogens is 2. The van der Waals surface area contributed by atoms with E-state index in [1.807, 2.05) is 18.2 Å². The molecule has 0 bridgehead atoms. The summed E-state index contributed by atoms with van der Waals surface area (Å²) < 4.78 is 35.8. The summed E-state index contributed by atoms with van der Waals surface area (Å²) in [6.07, 6.45) is 11.0. The number of aryl methyl sites for hydroxylation is 1. The smallest absolute Gasteiger partial charge is 0.172 e. The Morgan fingerprint density at radius 3 is 1.90 bits per heavy atom. The second-order valence-electron chi connectivity index (χ2n) is 8.25. The van der Waals surface area contributed by atoms with E-state index in [1.54, 1.807) is 18.2 Å². The van der Waals surface area contributed by atoms with Crippen molar-refractivity contribution in [1.29, 1.82) is 0 Å². The zero-order chi connectivity index (χ0) is 21.3. The van der Waals surface area contributed by atoms with Crippen LogP contribution in [0.3, 0.4) is 0 Å². The van der Waals surface area contributed by atoms with Gasteiger partial charge in [0.1, 0.15) is 5.82 Å². The van der Waals surface area contributed by atoms with Gasteiger partial charge >= 0.3 is 0 Å². The van der Waals surface area contributed by atoms with Gasteiger partial charge in [0.15, 0.2) is 11.6 Å². The number of unbranched alkanes of at least 4 members (excludes halogenated alkanes) is 7. The van der Waals surface area contributed by atoms with E-state index in [0.717, 1.165) is 54.9 Å². The highest BCUT2D eigenvalue weighted by Crippen LogP contribution is 2.34. The molecule has 0 saturated carbocycles. The van der Waals surface area contributed by atoms with Gasteiger partial charge in [-0.3, -0.25) is 0 Å². The lowest BCUT2D eigenvalue weighted by Gasteiger charge is -2.12. The van der Waals surface area contributed by atoms with Crippen molar-refractivity contribution in [2.45, 2.75) is 78.1 Å². The van der Waals surface area contributed by atoms with Gasteiger partial charge in [0.2, 0.25) is 0 Å². The average molecular weight is 413 g/mol. The van der Waals surface area contributed by atoms with Crippen LogP contribution in [0, 0.1) is 11.6 Å². The van der Waals surface area contributed by atoms with Crippen LogP contribution >= 0.6 is 0 Å². The summed E-state index contributed by atoms with van der Waals surface area (Å²) >= 11 is 0. The van der Waals surface area contributed by atoms with Crippen molar-refractivity contribution in [3.63, 3.8) is 0 Å². The Bertz CT molecular complexity index is 964. The minimum Gasteiger partial charge on any atom is -0.490 e. The first-order chi connectivity index (χ1) is 14.7. The first-order valence-corrected chi connectivity index (χ1v) is 11.6. The molecule has 0 aliphatic heterocycles. The predicted molar refractivity (Wildman–Crippen MR) is 123 cm³/mol. The van der Waals surface area contributed by atoms with Crippen LogP contribution in [0.2, 0.25) is 0 Å². The van der Waals surface area contributed by atoms with Gasteiger partial charge in [0.05, 0.1) is 6.61 Å². The Kier molecular flexibility index (Phi) is 8.48. The molecule has 0 aliphatic rings. The Morgan fingerprint density at radius 1 is 0.600 bits per heavy atom. The van der Waals surface area contributed by atoms with Gasteiger partial charge in [-0.25, -0.2) is 8.78 Å². The molecule has 162 valence electrons. The Balaban J connectivity index is 1.75. The standard InChI is InChI=1S/C27H34F2O/c1-3-5-7-8-9-11-19-30-25-18-17-22-21-14-13-20(12-10-6-4-2)26(28)23(21)15-16-24(22)27(25)29/h13-18H,3-12,19H2,1-2H3. The van der Waals surface area contributed by atoms with Crippen LogP contribution in [0.25, 0.3) is 21.5 Å². The van der Waals surface area contributed by atoms with Crippen molar-refractivity contribution in [2.75, 3.05) is 6.61 Å². The molecule has 0 aliphatic carbocycles. The maximum absolute atomic E-state index is 15.0. The molecule has 0 amide bonds. The van der Waals surface area contributed by atoms with Crippen molar-refractivity contribution in [2.24, 2.45) is 0 Å². The van der Waals surface area contributed by atoms with Crippen LogP contribution in [0.4, 0.5) is 8.78 Å². The summed E-state index contributed by atoms with van der Waals surface area (Å²) in [4.78, 5) is 0. The fourth-order valence-corrected chi connectivity index (χ4v) is 4.11. The largest absolute Gasteiger partial charge is 0.490 e. The summed E-state index contributed by atoms with van der Waals surface area (Å²) in [5.41, 5.74) is 0.745. The quantitative estimate of drug-likeness (QED) is 0.213. The number of fused-ring (bicyclic) bond motifs is 3. The highest BCUT2D eigenvalue weighted by atomic mass is 19.1. The Morgan fingerprint density at radius 2 is 1.17 bits per heavy atom. The van der Waals surface area contributed by atoms with E-state index in [9.17, 15) is 0 Å². The number of hydrogen-bond acceptors (Lipinski definition) is 1. The summed E-state index contributed by atoms with van der Waals surface area (Å²) in [6, 6.07) is 10.7. The van der Waals surface area contributed by atoms with Crippen LogP contribution in [-0.4, -0.2) is 6.61 Å². The van der Waals surface area contributed by atoms with Crippen LogP contribution in [0.15, 0.2) is 36.4 Å². The minimum absolute atomic E-state index is 0.172. The van der Waals surface area contributed by atoms with Crippen molar-refractivity contribution in [1.82, 2.24) is 0 Å². The lowest BCUT2D eigenvalue weighted by Crippen LogP contribution is -2.00. The molecule has 0 heterocycles. The highest BCUT2D eigenvalue weighted by molar-refractivity contribution is 6.08. The summed E-state index contributed by atoms with van der Waals surface area (Å²) in [7, 11) is 0. The lowest BCUT2D eigenvalue weighted by atomic mass is 9.97. The Labute approximate surface area is 179 Å². The molecule has 1 nitrogen and oxygen atoms in total. The highest BCUT2D eigenvalue weighted by Gasteiger charge is 2.14. The van der Waals surface area contributed by atoms with E-state index < -0.39 is 0 Å². The fraction of sp³-hybridized carbons (Fsp3) is 0.481. The van der Waals surface area contributed by atoms with Crippen molar-refractivity contribution < 1.29 is 13.5 Å². The third-order valence-corrected chi connectivity index (χ3v) is 5.92. The summed E-state index contributed by atoms with van der Waals surface area (Å²) in [5, 5.41) is 2.54. The molecular weight excluding hydrogens is 378 g/mol. The van der Waals surface area contributed by atoms with E-state index in [4.69, 9.17) is 4.74 Å². The van der Waals surface area contributed by atoms with E-state index in [0.29, 0.717) is 17.4 Å². The number of hydrogen-bond donors (Lipinski definition) is 0. The van der Waals surface area contributed by atoms with E-state index in [-0.39, 0.29) is 17.4 Å². The van der Waals surface area contributed by atoms with Crippen LogP contribution in [0.5, 0.6) is 5.75 Å². The predicted octanol–water partition coefficient (Wildman–Crippen LogP) is 8.74. The maximum atomic E-state index is 15.0. The van der Waals surface area contributed by atoms with Crippen molar-refractivity contribution in [3.05, 3.63) is 53.6 Å². The third-order valence-electron chi connectivity index (χ3n) is 5.92. The first-order valence-electron chi connectivity index (χ1n) is 11.6. The normalized spacial score (nSPS) is 11.5. The van der Waals surface area contributed by atoms with Crippen LogP contribution in [-0.2, 0) is 6.42 Å². The molecule has 3 aromatic rings.